The van der Waals surface area contributed by atoms with Crippen molar-refractivity contribution >= 4 is 49.4 Å². The summed E-state index contributed by atoms with van der Waals surface area (Å²) in [5, 5.41) is 0. The van der Waals surface area contributed by atoms with Crippen LogP contribution in [-0.2, 0) is 9.59 Å². The van der Waals surface area contributed by atoms with Crippen LogP contribution in [0.25, 0.3) is 0 Å². The number of hydrogen-bond donors (Lipinski definition) is 0. The lowest BCUT2D eigenvalue weighted by Gasteiger charge is -2.34. The molecule has 0 saturated carbocycles. The SMILES string of the molecule is CC(=O)[C@H]1C(=O)Oc2ccc(Br)cc2[C@@H]1[C@H](C)C(=O)c1ccc(Br)cc1. The normalized spacial score (nSPS) is 20.1. The predicted molar refractivity (Wildman–Crippen MR) is 104 cm³/mol. The average molecular weight is 480 g/mol. The van der Waals surface area contributed by atoms with Crippen LogP contribution in [0.15, 0.2) is 51.4 Å². The topological polar surface area (TPSA) is 60.4 Å². The molecule has 0 aliphatic carbocycles. The number of esters is 1. The molecule has 0 bridgehead atoms. The van der Waals surface area contributed by atoms with E-state index in [2.05, 4.69) is 31.9 Å². The van der Waals surface area contributed by atoms with Gasteiger partial charge in [-0.1, -0.05) is 50.9 Å². The number of ether oxygens (including phenoxy) is 1. The summed E-state index contributed by atoms with van der Waals surface area (Å²) in [7, 11) is 0. The van der Waals surface area contributed by atoms with Crippen molar-refractivity contribution in [2.24, 2.45) is 11.8 Å². The smallest absolute Gasteiger partial charge is 0.322 e. The molecule has 1 aliphatic heterocycles. The molecule has 4 nitrogen and oxygen atoms in total. The van der Waals surface area contributed by atoms with Gasteiger partial charge in [0.15, 0.2) is 5.78 Å². The molecule has 0 unspecified atom stereocenters. The highest BCUT2D eigenvalue weighted by Gasteiger charge is 2.45. The number of carbonyl (C=O) groups is 3. The van der Waals surface area contributed by atoms with Crippen LogP contribution in [0.3, 0.4) is 0 Å². The van der Waals surface area contributed by atoms with E-state index >= 15 is 0 Å². The van der Waals surface area contributed by atoms with E-state index in [-0.39, 0.29) is 11.6 Å². The number of rotatable bonds is 4. The second-order valence-corrected chi connectivity index (χ2v) is 8.21. The molecule has 0 saturated heterocycles. The van der Waals surface area contributed by atoms with Crippen LogP contribution >= 0.6 is 31.9 Å². The van der Waals surface area contributed by atoms with E-state index in [1.54, 1.807) is 43.3 Å². The summed E-state index contributed by atoms with van der Waals surface area (Å²) in [4.78, 5) is 37.7. The van der Waals surface area contributed by atoms with Crippen LogP contribution in [0.2, 0.25) is 0 Å². The molecule has 2 aromatic carbocycles. The van der Waals surface area contributed by atoms with Crippen LogP contribution < -0.4 is 4.74 Å². The molecule has 134 valence electrons. The zero-order chi connectivity index (χ0) is 19.0. The standard InChI is InChI=1S/C20H16Br2O4/c1-10(19(24)12-3-5-13(21)6-4-12)17-15-9-14(22)7-8-16(15)26-20(25)18(17)11(2)23/h3-10,17-18H,1-2H3/t10-,17-,18+/m0/s1. The van der Waals surface area contributed by atoms with Crippen LogP contribution in [0.5, 0.6) is 5.75 Å². The summed E-state index contributed by atoms with van der Waals surface area (Å²) in [6, 6.07) is 12.3. The van der Waals surface area contributed by atoms with Crippen molar-refractivity contribution in [2.45, 2.75) is 19.8 Å². The minimum Gasteiger partial charge on any atom is -0.426 e. The van der Waals surface area contributed by atoms with Crippen LogP contribution in [-0.4, -0.2) is 17.5 Å². The lowest BCUT2D eigenvalue weighted by Crippen LogP contribution is -2.40. The highest BCUT2D eigenvalue weighted by Crippen LogP contribution is 2.44. The highest BCUT2D eigenvalue weighted by atomic mass is 79.9. The van der Waals surface area contributed by atoms with Gasteiger partial charge in [0.05, 0.1) is 0 Å². The summed E-state index contributed by atoms with van der Waals surface area (Å²) >= 11 is 6.77. The summed E-state index contributed by atoms with van der Waals surface area (Å²) in [6.45, 7) is 3.12. The largest absolute Gasteiger partial charge is 0.426 e. The maximum absolute atomic E-state index is 13.0. The third-order valence-electron chi connectivity index (χ3n) is 4.67. The van der Waals surface area contributed by atoms with Gasteiger partial charge >= 0.3 is 5.97 Å². The fourth-order valence-corrected chi connectivity index (χ4v) is 4.03. The summed E-state index contributed by atoms with van der Waals surface area (Å²) in [6.07, 6.45) is 0. The Morgan fingerprint density at radius 3 is 2.27 bits per heavy atom. The van der Waals surface area contributed by atoms with Crippen molar-refractivity contribution < 1.29 is 19.1 Å². The van der Waals surface area contributed by atoms with Gasteiger partial charge in [-0.3, -0.25) is 14.4 Å². The van der Waals surface area contributed by atoms with Crippen molar-refractivity contribution in [3.05, 3.63) is 62.5 Å². The molecular weight excluding hydrogens is 464 g/mol. The Bertz CT molecular complexity index is 889. The Balaban J connectivity index is 2.07. The maximum Gasteiger partial charge on any atom is 0.322 e. The number of carbonyl (C=O) groups excluding carboxylic acids is 3. The van der Waals surface area contributed by atoms with Gasteiger partial charge in [0, 0.05) is 31.9 Å². The van der Waals surface area contributed by atoms with Crippen molar-refractivity contribution in [2.75, 3.05) is 0 Å². The Morgan fingerprint density at radius 2 is 1.65 bits per heavy atom. The third kappa shape index (κ3) is 3.53. The number of fused-ring (bicyclic) bond motifs is 1. The van der Waals surface area contributed by atoms with Gasteiger partial charge in [0.1, 0.15) is 17.5 Å². The van der Waals surface area contributed by atoms with Crippen molar-refractivity contribution in [3.8, 4) is 5.75 Å². The first-order valence-corrected chi connectivity index (χ1v) is 9.69. The quantitative estimate of drug-likeness (QED) is 0.270. The number of Topliss-reactive ketones (excluding diaryl/α,β-unsaturated/α-hetero) is 2. The molecule has 3 atom stereocenters. The Morgan fingerprint density at radius 1 is 1.04 bits per heavy atom. The third-order valence-corrected chi connectivity index (χ3v) is 5.70. The molecule has 0 radical (unpaired) electrons. The summed E-state index contributed by atoms with van der Waals surface area (Å²) in [5.41, 5.74) is 1.23. The summed E-state index contributed by atoms with van der Waals surface area (Å²) < 4.78 is 7.01. The molecule has 3 rings (SSSR count). The Hall–Kier alpha value is -1.79. The van der Waals surface area contributed by atoms with E-state index in [1.807, 2.05) is 6.07 Å². The van der Waals surface area contributed by atoms with Gasteiger partial charge in [-0.25, -0.2) is 0 Å². The second-order valence-electron chi connectivity index (χ2n) is 6.38. The van der Waals surface area contributed by atoms with Crippen molar-refractivity contribution in [1.29, 1.82) is 0 Å². The molecule has 0 fully saturated rings. The number of hydrogen-bond acceptors (Lipinski definition) is 4. The van der Waals surface area contributed by atoms with Gasteiger partial charge in [0.25, 0.3) is 0 Å². The number of benzene rings is 2. The Kier molecular flexibility index (Phi) is 5.44. The monoisotopic (exact) mass is 478 g/mol. The van der Waals surface area contributed by atoms with Gasteiger partial charge in [0.2, 0.25) is 0 Å². The van der Waals surface area contributed by atoms with Gasteiger partial charge in [-0.05, 0) is 37.3 Å². The van der Waals surface area contributed by atoms with E-state index in [9.17, 15) is 14.4 Å². The van der Waals surface area contributed by atoms with Gasteiger partial charge in [-0.2, -0.15) is 0 Å². The molecule has 0 aromatic heterocycles. The maximum atomic E-state index is 13.0. The zero-order valence-electron chi connectivity index (χ0n) is 14.2. The lowest BCUT2D eigenvalue weighted by molar-refractivity contribution is -0.146. The number of ketones is 2. The van der Waals surface area contributed by atoms with Crippen molar-refractivity contribution in [3.63, 3.8) is 0 Å². The van der Waals surface area contributed by atoms with E-state index in [0.717, 1.165) is 8.95 Å². The average Bonchev–Trinajstić information content (AvgIpc) is 2.60. The minimum atomic E-state index is -0.994. The molecule has 1 aliphatic rings. The molecular formula is C20H16Br2O4. The van der Waals surface area contributed by atoms with Crippen LogP contribution in [0.1, 0.15) is 35.7 Å². The molecule has 6 heteroatoms. The highest BCUT2D eigenvalue weighted by molar-refractivity contribution is 9.10. The summed E-state index contributed by atoms with van der Waals surface area (Å²) in [5.74, 6) is -2.76. The van der Waals surface area contributed by atoms with Crippen LogP contribution in [0, 0.1) is 11.8 Å². The Labute approximate surface area is 168 Å². The molecule has 0 spiro atoms. The molecule has 0 amide bonds. The lowest BCUT2D eigenvalue weighted by atomic mass is 9.72. The van der Waals surface area contributed by atoms with Gasteiger partial charge in [-0.15, -0.1) is 0 Å². The second kappa shape index (κ2) is 7.45. The van der Waals surface area contributed by atoms with E-state index < -0.39 is 23.7 Å². The van der Waals surface area contributed by atoms with Crippen LogP contribution in [0.4, 0.5) is 0 Å². The molecule has 1 heterocycles. The number of halogens is 2. The van der Waals surface area contributed by atoms with Crippen molar-refractivity contribution in [1.82, 2.24) is 0 Å². The van der Waals surface area contributed by atoms with Gasteiger partial charge < -0.3 is 4.74 Å². The predicted octanol–water partition coefficient (Wildman–Crippen LogP) is 4.94. The first kappa shape index (κ1) is 19.0. The van der Waals surface area contributed by atoms with E-state index in [4.69, 9.17) is 4.74 Å². The first-order valence-electron chi connectivity index (χ1n) is 8.11. The van der Waals surface area contributed by atoms with E-state index in [1.165, 1.54) is 6.92 Å². The molecule has 0 N–H and O–H groups in total. The molecule has 2 aromatic rings. The minimum absolute atomic E-state index is 0.116. The fraction of sp³-hybridized carbons (Fsp3) is 0.250. The molecule has 26 heavy (non-hydrogen) atoms. The fourth-order valence-electron chi connectivity index (χ4n) is 3.39. The van der Waals surface area contributed by atoms with E-state index in [0.29, 0.717) is 16.9 Å². The first-order chi connectivity index (χ1) is 12.3. The zero-order valence-corrected chi connectivity index (χ0v) is 17.3.